The van der Waals surface area contributed by atoms with Gasteiger partial charge < -0.3 is 5.32 Å². The summed E-state index contributed by atoms with van der Waals surface area (Å²) >= 11 is 0. The van der Waals surface area contributed by atoms with Crippen molar-refractivity contribution < 1.29 is 9.18 Å². The highest BCUT2D eigenvalue weighted by Crippen LogP contribution is 2.22. The maximum atomic E-state index is 13.1. The lowest BCUT2D eigenvalue weighted by atomic mass is 9.87. The van der Waals surface area contributed by atoms with E-state index in [1.165, 1.54) is 17.7 Å². The first-order valence-corrected chi connectivity index (χ1v) is 7.45. The Morgan fingerprint density at radius 3 is 2.32 bits per heavy atom. The van der Waals surface area contributed by atoms with Crippen LogP contribution in [0.3, 0.4) is 0 Å². The normalized spacial score (nSPS) is 11.3. The third-order valence-electron chi connectivity index (χ3n) is 3.56. The Bertz CT molecular complexity index is 641. The van der Waals surface area contributed by atoms with Gasteiger partial charge in [-0.15, -0.1) is 0 Å². The van der Waals surface area contributed by atoms with Crippen molar-refractivity contribution in [3.8, 4) is 0 Å². The predicted molar refractivity (Wildman–Crippen MR) is 87.1 cm³/mol. The summed E-state index contributed by atoms with van der Waals surface area (Å²) in [6.45, 7) is 6.99. The minimum Gasteiger partial charge on any atom is -0.352 e. The van der Waals surface area contributed by atoms with Crippen LogP contribution in [-0.2, 0) is 23.2 Å². The highest BCUT2D eigenvalue weighted by atomic mass is 19.1. The third kappa shape index (κ3) is 4.69. The second kappa shape index (κ2) is 6.73. The van der Waals surface area contributed by atoms with Gasteiger partial charge in [-0.1, -0.05) is 57.2 Å². The molecule has 0 radical (unpaired) electrons. The van der Waals surface area contributed by atoms with Gasteiger partial charge in [-0.3, -0.25) is 4.79 Å². The summed E-state index contributed by atoms with van der Waals surface area (Å²) in [4.78, 5) is 11.9. The van der Waals surface area contributed by atoms with Gasteiger partial charge in [-0.05, 0) is 34.2 Å². The average molecular weight is 299 g/mol. The number of amides is 1. The molecule has 0 fully saturated rings. The number of benzene rings is 2. The number of rotatable bonds is 4. The lowest BCUT2D eigenvalue weighted by molar-refractivity contribution is -0.120. The molecule has 22 heavy (non-hydrogen) atoms. The summed E-state index contributed by atoms with van der Waals surface area (Å²) in [5.41, 5.74) is 3.13. The molecular formula is C19H22FNO. The smallest absolute Gasteiger partial charge is 0.224 e. The van der Waals surface area contributed by atoms with Crippen LogP contribution in [0, 0.1) is 5.82 Å². The summed E-state index contributed by atoms with van der Waals surface area (Å²) in [5, 5.41) is 2.86. The molecule has 2 aromatic carbocycles. The van der Waals surface area contributed by atoms with Crippen LogP contribution in [0.1, 0.15) is 37.5 Å². The Morgan fingerprint density at radius 1 is 1.05 bits per heavy atom. The van der Waals surface area contributed by atoms with E-state index in [0.717, 1.165) is 5.56 Å². The van der Waals surface area contributed by atoms with Crippen LogP contribution in [0.15, 0.2) is 48.5 Å². The van der Waals surface area contributed by atoms with Gasteiger partial charge in [-0.2, -0.15) is 0 Å². The van der Waals surface area contributed by atoms with Gasteiger partial charge >= 0.3 is 0 Å². The highest BCUT2D eigenvalue weighted by Gasteiger charge is 2.12. The zero-order valence-corrected chi connectivity index (χ0v) is 13.3. The second-order valence-corrected chi connectivity index (χ2v) is 6.53. The summed E-state index contributed by atoms with van der Waals surface area (Å²) in [6, 6.07) is 14.4. The summed E-state index contributed by atoms with van der Waals surface area (Å²) in [5.74, 6) is -0.423. The van der Waals surface area contributed by atoms with Crippen molar-refractivity contribution in [2.75, 3.05) is 0 Å². The largest absolute Gasteiger partial charge is 0.352 e. The van der Waals surface area contributed by atoms with Crippen LogP contribution in [0.5, 0.6) is 0 Å². The number of carbonyl (C=O) groups excluding carboxylic acids is 1. The molecule has 1 N–H and O–H groups in total. The monoisotopic (exact) mass is 299 g/mol. The Labute approximate surface area is 131 Å². The number of hydrogen-bond donors (Lipinski definition) is 1. The Hall–Kier alpha value is -2.16. The van der Waals surface area contributed by atoms with Gasteiger partial charge in [0.05, 0.1) is 6.42 Å². The fraction of sp³-hybridized carbons (Fsp3) is 0.316. The van der Waals surface area contributed by atoms with Crippen molar-refractivity contribution in [1.82, 2.24) is 5.32 Å². The molecule has 0 saturated heterocycles. The lowest BCUT2D eigenvalue weighted by Crippen LogP contribution is -2.24. The van der Waals surface area contributed by atoms with E-state index in [4.69, 9.17) is 0 Å². The standard InChI is InChI=1S/C19H22FNO/c1-19(2,3)16-9-7-14(8-10-16)13-21-18(22)12-15-5-4-6-17(20)11-15/h4-11H,12-13H2,1-3H3,(H,21,22). The fourth-order valence-electron chi connectivity index (χ4n) is 2.22. The first kappa shape index (κ1) is 16.2. The number of halogens is 1. The molecule has 0 spiro atoms. The molecule has 2 rings (SSSR count). The molecule has 0 aliphatic rings. The topological polar surface area (TPSA) is 29.1 Å². The molecule has 2 nitrogen and oxygen atoms in total. The maximum absolute atomic E-state index is 13.1. The highest BCUT2D eigenvalue weighted by molar-refractivity contribution is 5.78. The molecule has 0 saturated carbocycles. The van der Waals surface area contributed by atoms with Crippen LogP contribution >= 0.6 is 0 Å². The molecule has 0 aromatic heterocycles. The molecular weight excluding hydrogens is 277 g/mol. The molecule has 0 aliphatic heterocycles. The summed E-state index contributed by atoms with van der Waals surface area (Å²) < 4.78 is 13.1. The summed E-state index contributed by atoms with van der Waals surface area (Å²) in [6.07, 6.45) is 0.192. The van der Waals surface area contributed by atoms with Gasteiger partial charge in [0, 0.05) is 6.54 Å². The van der Waals surface area contributed by atoms with Gasteiger partial charge in [0.2, 0.25) is 5.91 Å². The second-order valence-electron chi connectivity index (χ2n) is 6.53. The van der Waals surface area contributed by atoms with Gasteiger partial charge in [0.25, 0.3) is 0 Å². The molecule has 0 heterocycles. The van der Waals surface area contributed by atoms with E-state index in [-0.39, 0.29) is 23.6 Å². The molecule has 0 unspecified atom stereocenters. The van der Waals surface area contributed by atoms with E-state index in [1.54, 1.807) is 12.1 Å². The van der Waals surface area contributed by atoms with Crippen molar-refractivity contribution in [2.24, 2.45) is 0 Å². The van der Waals surface area contributed by atoms with E-state index >= 15 is 0 Å². The lowest BCUT2D eigenvalue weighted by Gasteiger charge is -2.19. The SMILES string of the molecule is CC(C)(C)c1ccc(CNC(=O)Cc2cccc(F)c2)cc1. The van der Waals surface area contributed by atoms with Crippen molar-refractivity contribution in [3.05, 3.63) is 71.0 Å². The Balaban J connectivity index is 1.88. The van der Waals surface area contributed by atoms with Crippen LogP contribution in [-0.4, -0.2) is 5.91 Å². The Morgan fingerprint density at radius 2 is 1.73 bits per heavy atom. The van der Waals surface area contributed by atoms with Crippen LogP contribution in [0.4, 0.5) is 4.39 Å². The van der Waals surface area contributed by atoms with Gasteiger partial charge in [-0.25, -0.2) is 4.39 Å². The van der Waals surface area contributed by atoms with Crippen molar-refractivity contribution in [1.29, 1.82) is 0 Å². The Kier molecular flexibility index (Phi) is 4.96. The molecule has 0 bridgehead atoms. The zero-order valence-electron chi connectivity index (χ0n) is 13.3. The predicted octanol–water partition coefficient (Wildman–Crippen LogP) is 3.98. The quantitative estimate of drug-likeness (QED) is 0.909. The first-order chi connectivity index (χ1) is 10.3. The number of carbonyl (C=O) groups is 1. The number of nitrogens with one attached hydrogen (secondary N) is 1. The van der Waals surface area contributed by atoms with Crippen molar-refractivity contribution in [3.63, 3.8) is 0 Å². The molecule has 3 heteroatoms. The number of hydrogen-bond acceptors (Lipinski definition) is 1. The van der Waals surface area contributed by atoms with E-state index in [9.17, 15) is 9.18 Å². The van der Waals surface area contributed by atoms with Crippen LogP contribution < -0.4 is 5.32 Å². The van der Waals surface area contributed by atoms with Crippen molar-refractivity contribution >= 4 is 5.91 Å². The van der Waals surface area contributed by atoms with Gasteiger partial charge in [0.1, 0.15) is 5.82 Å². The first-order valence-electron chi connectivity index (χ1n) is 7.45. The van der Waals surface area contributed by atoms with Crippen molar-refractivity contribution in [2.45, 2.75) is 39.2 Å². The summed E-state index contributed by atoms with van der Waals surface area (Å²) in [7, 11) is 0. The fourth-order valence-corrected chi connectivity index (χ4v) is 2.22. The van der Waals surface area contributed by atoms with Gasteiger partial charge in [0.15, 0.2) is 0 Å². The zero-order chi connectivity index (χ0) is 16.2. The van der Waals surface area contributed by atoms with E-state index in [0.29, 0.717) is 12.1 Å². The molecule has 116 valence electrons. The molecule has 0 atom stereocenters. The molecule has 1 amide bonds. The minimum absolute atomic E-state index is 0.106. The minimum atomic E-state index is -0.317. The average Bonchev–Trinajstić information content (AvgIpc) is 2.45. The van der Waals surface area contributed by atoms with Crippen LogP contribution in [0.25, 0.3) is 0 Å². The maximum Gasteiger partial charge on any atom is 0.224 e. The van der Waals surface area contributed by atoms with E-state index in [1.807, 2.05) is 12.1 Å². The van der Waals surface area contributed by atoms with Crippen LogP contribution in [0.2, 0.25) is 0 Å². The molecule has 2 aromatic rings. The molecule has 0 aliphatic carbocycles. The van der Waals surface area contributed by atoms with E-state index < -0.39 is 0 Å². The van der Waals surface area contributed by atoms with E-state index in [2.05, 4.69) is 38.2 Å². The third-order valence-corrected chi connectivity index (χ3v) is 3.56.